The summed E-state index contributed by atoms with van der Waals surface area (Å²) in [5.74, 6) is 0.667. The van der Waals surface area contributed by atoms with Crippen LogP contribution in [0.25, 0.3) is 0 Å². The van der Waals surface area contributed by atoms with Crippen molar-refractivity contribution < 1.29 is 14.7 Å². The lowest BCUT2D eigenvalue weighted by Gasteiger charge is -2.40. The normalized spacial score (nSPS) is 31.4. The summed E-state index contributed by atoms with van der Waals surface area (Å²) in [6, 6.07) is 0. The number of aliphatic carboxylic acids is 1. The van der Waals surface area contributed by atoms with Crippen molar-refractivity contribution in [1.82, 2.24) is 5.32 Å². The van der Waals surface area contributed by atoms with Crippen molar-refractivity contribution in [2.24, 2.45) is 17.8 Å². The van der Waals surface area contributed by atoms with E-state index in [9.17, 15) is 9.59 Å². The maximum Gasteiger partial charge on any atom is 0.305 e. The molecule has 0 bridgehead atoms. The van der Waals surface area contributed by atoms with Crippen molar-refractivity contribution in [3.8, 4) is 0 Å². The van der Waals surface area contributed by atoms with E-state index in [1.165, 1.54) is 32.1 Å². The molecule has 0 spiro atoms. The number of nitrogens with one attached hydrogen (secondary N) is 1. The van der Waals surface area contributed by atoms with Crippen molar-refractivity contribution in [2.45, 2.75) is 51.4 Å². The van der Waals surface area contributed by atoms with E-state index in [0.29, 0.717) is 5.92 Å². The summed E-state index contributed by atoms with van der Waals surface area (Å²) in [5, 5.41) is 11.4. The first-order valence-corrected chi connectivity index (χ1v) is 7.18. The molecule has 4 nitrogen and oxygen atoms in total. The smallest absolute Gasteiger partial charge is 0.305 e. The Hall–Kier alpha value is -1.06. The molecule has 0 heterocycles. The van der Waals surface area contributed by atoms with E-state index in [0.717, 1.165) is 18.8 Å². The van der Waals surface area contributed by atoms with Crippen LogP contribution in [0.2, 0.25) is 0 Å². The lowest BCUT2D eigenvalue weighted by Crippen LogP contribution is -2.41. The van der Waals surface area contributed by atoms with E-state index in [-0.39, 0.29) is 24.8 Å². The van der Waals surface area contributed by atoms with Crippen molar-refractivity contribution in [1.29, 1.82) is 0 Å². The SMILES string of the molecule is O=C(O)CCNC(=O)C1CCCC2CCCCC21. The van der Waals surface area contributed by atoms with E-state index in [1.807, 2.05) is 0 Å². The van der Waals surface area contributed by atoms with Crippen LogP contribution in [0.15, 0.2) is 0 Å². The van der Waals surface area contributed by atoms with E-state index in [4.69, 9.17) is 5.11 Å². The summed E-state index contributed by atoms with van der Waals surface area (Å²) in [6.45, 7) is 0.266. The second-order valence-corrected chi connectivity index (χ2v) is 5.68. The van der Waals surface area contributed by atoms with Crippen molar-refractivity contribution in [3.63, 3.8) is 0 Å². The van der Waals surface area contributed by atoms with Gasteiger partial charge in [0.1, 0.15) is 0 Å². The third kappa shape index (κ3) is 3.24. The molecule has 0 radical (unpaired) electrons. The lowest BCUT2D eigenvalue weighted by molar-refractivity contribution is -0.137. The monoisotopic (exact) mass is 253 g/mol. The topological polar surface area (TPSA) is 66.4 Å². The number of carbonyl (C=O) groups excluding carboxylic acids is 1. The molecule has 2 fully saturated rings. The minimum atomic E-state index is -0.852. The van der Waals surface area contributed by atoms with Gasteiger partial charge in [0, 0.05) is 12.5 Å². The highest BCUT2D eigenvalue weighted by molar-refractivity contribution is 5.79. The second-order valence-electron chi connectivity index (χ2n) is 5.68. The molecule has 0 saturated heterocycles. The maximum absolute atomic E-state index is 12.1. The second kappa shape index (κ2) is 6.21. The van der Waals surface area contributed by atoms with Gasteiger partial charge >= 0.3 is 5.97 Å². The molecule has 2 rings (SSSR count). The molecule has 2 saturated carbocycles. The maximum atomic E-state index is 12.1. The van der Waals surface area contributed by atoms with Gasteiger partial charge < -0.3 is 10.4 Å². The Bertz CT molecular complexity index is 314. The molecule has 18 heavy (non-hydrogen) atoms. The fourth-order valence-electron chi connectivity index (χ4n) is 3.69. The molecule has 2 N–H and O–H groups in total. The van der Waals surface area contributed by atoms with E-state index in [1.54, 1.807) is 0 Å². The molecular formula is C14H23NO3. The molecule has 1 amide bonds. The summed E-state index contributed by atoms with van der Waals surface area (Å²) >= 11 is 0. The van der Waals surface area contributed by atoms with Gasteiger partial charge in [0.2, 0.25) is 5.91 Å². The highest BCUT2D eigenvalue weighted by Crippen LogP contribution is 2.43. The van der Waals surface area contributed by atoms with Gasteiger partial charge in [-0.15, -0.1) is 0 Å². The lowest BCUT2D eigenvalue weighted by atomic mass is 9.65. The van der Waals surface area contributed by atoms with Crippen LogP contribution < -0.4 is 5.32 Å². The first-order chi connectivity index (χ1) is 8.68. The van der Waals surface area contributed by atoms with Crippen LogP contribution in [0.3, 0.4) is 0 Å². The minimum absolute atomic E-state index is 0.0204. The van der Waals surface area contributed by atoms with E-state index < -0.39 is 5.97 Å². The fraction of sp³-hybridized carbons (Fsp3) is 0.857. The number of hydrogen-bond donors (Lipinski definition) is 2. The predicted octanol–water partition coefficient (Wildman–Crippen LogP) is 2.18. The number of rotatable bonds is 4. The molecule has 2 aliphatic rings. The van der Waals surface area contributed by atoms with Gasteiger partial charge in [0.05, 0.1) is 6.42 Å². The van der Waals surface area contributed by atoms with Gasteiger partial charge in [-0.3, -0.25) is 9.59 Å². The van der Waals surface area contributed by atoms with Crippen LogP contribution in [-0.2, 0) is 9.59 Å². The minimum Gasteiger partial charge on any atom is -0.481 e. The zero-order chi connectivity index (χ0) is 13.0. The van der Waals surface area contributed by atoms with Crippen LogP contribution in [0.1, 0.15) is 51.4 Å². The Kier molecular flexibility index (Phi) is 4.61. The van der Waals surface area contributed by atoms with Gasteiger partial charge in [-0.2, -0.15) is 0 Å². The Labute approximate surface area is 108 Å². The Morgan fingerprint density at radius 1 is 1.06 bits per heavy atom. The number of carboxylic acid groups (broad SMARTS) is 1. The third-order valence-corrected chi connectivity index (χ3v) is 4.55. The molecule has 2 aliphatic carbocycles. The Morgan fingerprint density at radius 3 is 2.56 bits per heavy atom. The number of fused-ring (bicyclic) bond motifs is 1. The molecule has 0 aromatic carbocycles. The summed E-state index contributed by atoms with van der Waals surface area (Å²) in [5.41, 5.74) is 0. The highest BCUT2D eigenvalue weighted by atomic mass is 16.4. The number of carboxylic acids is 1. The molecule has 4 heteroatoms. The molecular weight excluding hydrogens is 230 g/mol. The zero-order valence-corrected chi connectivity index (χ0v) is 10.9. The van der Waals surface area contributed by atoms with Crippen LogP contribution in [-0.4, -0.2) is 23.5 Å². The van der Waals surface area contributed by atoms with Gasteiger partial charge in [-0.05, 0) is 24.7 Å². The zero-order valence-electron chi connectivity index (χ0n) is 10.9. The van der Waals surface area contributed by atoms with Gasteiger partial charge in [-0.25, -0.2) is 0 Å². The molecule has 0 aliphatic heterocycles. The van der Waals surface area contributed by atoms with Crippen LogP contribution >= 0.6 is 0 Å². The average molecular weight is 253 g/mol. The fourth-order valence-corrected chi connectivity index (χ4v) is 3.69. The molecule has 102 valence electrons. The molecule has 0 aromatic rings. The van der Waals surface area contributed by atoms with Crippen LogP contribution in [0.5, 0.6) is 0 Å². The standard InChI is InChI=1S/C14H23NO3/c16-13(17)8-9-15-14(18)12-7-3-5-10-4-1-2-6-11(10)12/h10-12H,1-9H2,(H,15,18)(H,16,17). The quantitative estimate of drug-likeness (QED) is 0.807. The number of carbonyl (C=O) groups is 2. The summed E-state index contributed by atoms with van der Waals surface area (Å²) < 4.78 is 0. The van der Waals surface area contributed by atoms with E-state index >= 15 is 0 Å². The van der Waals surface area contributed by atoms with Crippen LogP contribution in [0, 0.1) is 17.8 Å². The summed E-state index contributed by atoms with van der Waals surface area (Å²) in [6.07, 6.45) is 8.47. The average Bonchev–Trinajstić information content (AvgIpc) is 2.37. The number of hydrogen-bond acceptors (Lipinski definition) is 2. The molecule has 0 aromatic heterocycles. The van der Waals surface area contributed by atoms with Crippen molar-refractivity contribution in [3.05, 3.63) is 0 Å². The van der Waals surface area contributed by atoms with Crippen molar-refractivity contribution >= 4 is 11.9 Å². The first-order valence-electron chi connectivity index (χ1n) is 7.18. The largest absolute Gasteiger partial charge is 0.481 e. The van der Waals surface area contributed by atoms with E-state index in [2.05, 4.69) is 5.32 Å². The van der Waals surface area contributed by atoms with Gasteiger partial charge in [0.25, 0.3) is 0 Å². The summed E-state index contributed by atoms with van der Waals surface area (Å²) in [4.78, 5) is 22.6. The third-order valence-electron chi connectivity index (χ3n) is 4.55. The van der Waals surface area contributed by atoms with Crippen molar-refractivity contribution in [2.75, 3.05) is 6.54 Å². The highest BCUT2D eigenvalue weighted by Gasteiger charge is 2.38. The van der Waals surface area contributed by atoms with Gasteiger partial charge in [-0.1, -0.05) is 32.1 Å². The molecule has 3 unspecified atom stereocenters. The number of amides is 1. The molecule has 3 atom stereocenters. The predicted molar refractivity (Wildman–Crippen MR) is 68.1 cm³/mol. The van der Waals surface area contributed by atoms with Gasteiger partial charge in [0.15, 0.2) is 0 Å². The Balaban J connectivity index is 1.85. The first kappa shape index (κ1) is 13.4. The van der Waals surface area contributed by atoms with Crippen LogP contribution in [0.4, 0.5) is 0 Å². The summed E-state index contributed by atoms with van der Waals surface area (Å²) in [7, 11) is 0. The Morgan fingerprint density at radius 2 is 1.78 bits per heavy atom.